The van der Waals surface area contributed by atoms with Crippen LogP contribution >= 0.6 is 11.6 Å². The lowest BCUT2D eigenvalue weighted by molar-refractivity contribution is -0.139. The molecule has 1 fully saturated rings. The van der Waals surface area contributed by atoms with Crippen LogP contribution < -0.4 is 10.1 Å². The molecule has 0 bridgehead atoms. The molecule has 4 rings (SSSR count). The van der Waals surface area contributed by atoms with Crippen molar-refractivity contribution in [3.05, 3.63) is 101 Å². The van der Waals surface area contributed by atoms with Gasteiger partial charge < -0.3 is 25.0 Å². The lowest BCUT2D eigenvalue weighted by Crippen LogP contribution is -2.51. The molecule has 10 heteroatoms. The minimum absolute atomic E-state index is 0.0209. The molecule has 39 heavy (non-hydrogen) atoms. The Morgan fingerprint density at radius 3 is 2.08 bits per heavy atom. The van der Waals surface area contributed by atoms with E-state index in [1.165, 1.54) is 6.07 Å². The third kappa shape index (κ3) is 7.58. The van der Waals surface area contributed by atoms with Gasteiger partial charge in [0.25, 0.3) is 5.91 Å². The molecular weight excluding hydrogens is 522 g/mol. The highest BCUT2D eigenvalue weighted by Crippen LogP contribution is 2.18. The Morgan fingerprint density at radius 1 is 0.821 bits per heavy atom. The summed E-state index contributed by atoms with van der Waals surface area (Å²) >= 11 is 6.04. The summed E-state index contributed by atoms with van der Waals surface area (Å²) in [5.74, 6) is -1.45. The van der Waals surface area contributed by atoms with Gasteiger partial charge in [0, 0.05) is 32.6 Å². The second-order valence-corrected chi connectivity index (χ2v) is 9.50. The Kier molecular flexibility index (Phi) is 9.17. The van der Waals surface area contributed by atoms with Crippen LogP contribution in [-0.4, -0.2) is 71.0 Å². The van der Waals surface area contributed by atoms with E-state index >= 15 is 0 Å². The fourth-order valence-electron chi connectivity index (χ4n) is 4.20. The fourth-order valence-corrected chi connectivity index (χ4v) is 4.42. The summed E-state index contributed by atoms with van der Waals surface area (Å²) < 4.78 is 5.47. The zero-order valence-corrected chi connectivity index (χ0v) is 21.8. The number of carboxylic acids is 1. The van der Waals surface area contributed by atoms with Crippen molar-refractivity contribution in [3.8, 4) is 5.75 Å². The minimum atomic E-state index is -1.19. The van der Waals surface area contributed by atoms with Crippen LogP contribution in [0, 0.1) is 0 Å². The third-order valence-corrected chi connectivity index (χ3v) is 6.71. The number of halogens is 1. The Balaban J connectivity index is 1.26. The number of ether oxygens (including phenoxy) is 1. The molecule has 1 heterocycles. The third-order valence-electron chi connectivity index (χ3n) is 6.38. The number of hydrogen-bond donors (Lipinski definition) is 2. The van der Waals surface area contributed by atoms with Crippen LogP contribution in [0.2, 0.25) is 5.02 Å². The number of nitrogens with one attached hydrogen (secondary N) is 1. The van der Waals surface area contributed by atoms with E-state index in [-0.39, 0.29) is 22.9 Å². The number of hydrogen-bond acceptors (Lipinski definition) is 5. The molecule has 3 aromatic rings. The van der Waals surface area contributed by atoms with Crippen molar-refractivity contribution >= 4 is 35.5 Å². The van der Waals surface area contributed by atoms with Gasteiger partial charge in [-0.3, -0.25) is 9.59 Å². The summed E-state index contributed by atoms with van der Waals surface area (Å²) in [4.78, 5) is 52.7. The molecule has 1 atom stereocenters. The molecule has 0 aliphatic carbocycles. The Hall–Kier alpha value is -4.37. The molecule has 1 aliphatic rings. The quantitative estimate of drug-likeness (QED) is 0.443. The van der Waals surface area contributed by atoms with E-state index in [9.17, 15) is 24.3 Å². The van der Waals surface area contributed by atoms with E-state index in [0.717, 1.165) is 5.56 Å². The molecule has 0 spiro atoms. The summed E-state index contributed by atoms with van der Waals surface area (Å²) in [5, 5.41) is 12.3. The number of piperazine rings is 1. The molecule has 0 aromatic heterocycles. The van der Waals surface area contributed by atoms with E-state index in [1.54, 1.807) is 52.3 Å². The summed E-state index contributed by atoms with van der Waals surface area (Å²) in [5.41, 5.74) is 1.77. The number of amides is 3. The van der Waals surface area contributed by atoms with Crippen molar-refractivity contribution in [2.75, 3.05) is 26.2 Å². The van der Waals surface area contributed by atoms with E-state index in [2.05, 4.69) is 5.32 Å². The van der Waals surface area contributed by atoms with E-state index in [1.807, 2.05) is 30.3 Å². The SMILES string of the molecule is O=C(N[C@@H](Cc1ccc(OC(=O)N2CCN(C(=O)Cc3ccccc3)CC2)cc1)C(=O)O)c1ccccc1Cl. The number of benzene rings is 3. The number of nitrogens with zero attached hydrogens (tertiary/aromatic N) is 2. The second kappa shape index (κ2) is 12.9. The molecule has 3 aromatic carbocycles. The molecular formula is C29H28ClN3O6. The monoisotopic (exact) mass is 549 g/mol. The number of carbonyl (C=O) groups is 4. The molecule has 0 radical (unpaired) electrons. The van der Waals surface area contributed by atoms with Gasteiger partial charge in [-0.15, -0.1) is 0 Å². The van der Waals surface area contributed by atoms with E-state index < -0.39 is 24.0 Å². The van der Waals surface area contributed by atoms with Crippen LogP contribution in [0.1, 0.15) is 21.5 Å². The smallest absolute Gasteiger partial charge is 0.415 e. The first-order chi connectivity index (χ1) is 18.8. The Labute approximate surface area is 230 Å². The standard InChI is InChI=1S/C29H28ClN3O6/c30-24-9-5-4-8-23(24)27(35)31-25(28(36)37)18-21-10-12-22(13-11-21)39-29(38)33-16-14-32(15-17-33)26(34)19-20-6-2-1-3-7-20/h1-13,25H,14-19H2,(H,31,35)(H,36,37)/t25-/m0/s1. The number of carboxylic acid groups (broad SMARTS) is 1. The molecule has 0 unspecified atom stereocenters. The van der Waals surface area contributed by atoms with Crippen LogP contribution in [0.5, 0.6) is 5.75 Å². The molecule has 1 saturated heterocycles. The molecule has 202 valence electrons. The number of rotatable bonds is 8. The number of carbonyl (C=O) groups excluding carboxylic acids is 3. The van der Waals surface area contributed by atoms with Gasteiger partial charge >= 0.3 is 12.1 Å². The van der Waals surface area contributed by atoms with Gasteiger partial charge in [-0.2, -0.15) is 0 Å². The average Bonchev–Trinajstić information content (AvgIpc) is 2.94. The number of aliphatic carboxylic acids is 1. The summed E-state index contributed by atoms with van der Waals surface area (Å²) in [6.07, 6.45) is -0.170. The molecule has 3 amide bonds. The second-order valence-electron chi connectivity index (χ2n) is 9.09. The molecule has 0 saturated carbocycles. The Bertz CT molecular complexity index is 1320. The van der Waals surface area contributed by atoms with Crippen LogP contribution in [0.3, 0.4) is 0 Å². The van der Waals surface area contributed by atoms with Crippen LogP contribution in [0.25, 0.3) is 0 Å². The highest BCUT2D eigenvalue weighted by atomic mass is 35.5. The maximum absolute atomic E-state index is 12.6. The highest BCUT2D eigenvalue weighted by Gasteiger charge is 2.26. The highest BCUT2D eigenvalue weighted by molar-refractivity contribution is 6.33. The Morgan fingerprint density at radius 2 is 1.44 bits per heavy atom. The predicted molar refractivity (Wildman–Crippen MR) is 145 cm³/mol. The van der Waals surface area contributed by atoms with Gasteiger partial charge in [0.2, 0.25) is 5.91 Å². The zero-order chi connectivity index (χ0) is 27.8. The van der Waals surface area contributed by atoms with Crippen molar-refractivity contribution in [1.29, 1.82) is 0 Å². The van der Waals surface area contributed by atoms with Gasteiger partial charge in [-0.1, -0.05) is 66.2 Å². The van der Waals surface area contributed by atoms with E-state index in [4.69, 9.17) is 16.3 Å². The summed E-state index contributed by atoms with van der Waals surface area (Å²) in [6, 6.07) is 21.2. The van der Waals surface area contributed by atoms with Crippen molar-refractivity contribution < 1.29 is 29.0 Å². The van der Waals surface area contributed by atoms with Crippen LogP contribution in [0.15, 0.2) is 78.9 Å². The van der Waals surface area contributed by atoms with Gasteiger partial charge in [0.05, 0.1) is 17.0 Å². The first-order valence-corrected chi connectivity index (χ1v) is 12.8. The normalized spacial score (nSPS) is 13.9. The lowest BCUT2D eigenvalue weighted by atomic mass is 10.1. The largest absolute Gasteiger partial charge is 0.480 e. The van der Waals surface area contributed by atoms with E-state index in [0.29, 0.717) is 43.9 Å². The molecule has 2 N–H and O–H groups in total. The summed E-state index contributed by atoms with van der Waals surface area (Å²) in [7, 11) is 0. The fraction of sp³-hybridized carbons (Fsp3) is 0.241. The molecule has 9 nitrogen and oxygen atoms in total. The van der Waals surface area contributed by atoms with Gasteiger partial charge in [-0.05, 0) is 35.4 Å². The lowest BCUT2D eigenvalue weighted by Gasteiger charge is -2.34. The molecule has 1 aliphatic heterocycles. The maximum atomic E-state index is 12.6. The first-order valence-electron chi connectivity index (χ1n) is 12.5. The topological polar surface area (TPSA) is 116 Å². The maximum Gasteiger partial charge on any atom is 0.415 e. The van der Waals surface area contributed by atoms with Crippen molar-refractivity contribution in [2.45, 2.75) is 18.9 Å². The van der Waals surface area contributed by atoms with Crippen molar-refractivity contribution in [1.82, 2.24) is 15.1 Å². The first kappa shape index (κ1) is 27.7. The predicted octanol–water partition coefficient (Wildman–Crippen LogP) is 3.65. The average molecular weight is 550 g/mol. The van der Waals surface area contributed by atoms with Crippen molar-refractivity contribution in [3.63, 3.8) is 0 Å². The van der Waals surface area contributed by atoms with Crippen LogP contribution in [-0.2, 0) is 22.4 Å². The van der Waals surface area contributed by atoms with Crippen molar-refractivity contribution in [2.24, 2.45) is 0 Å². The van der Waals surface area contributed by atoms with Crippen LogP contribution in [0.4, 0.5) is 4.79 Å². The van der Waals surface area contributed by atoms with Gasteiger partial charge in [-0.25, -0.2) is 9.59 Å². The zero-order valence-electron chi connectivity index (χ0n) is 21.1. The minimum Gasteiger partial charge on any atom is -0.480 e. The summed E-state index contributed by atoms with van der Waals surface area (Å²) in [6.45, 7) is 1.58. The van der Waals surface area contributed by atoms with Gasteiger partial charge in [0.15, 0.2) is 0 Å². The van der Waals surface area contributed by atoms with Gasteiger partial charge in [0.1, 0.15) is 11.8 Å².